The van der Waals surface area contributed by atoms with Crippen LogP contribution < -0.4 is 15.9 Å². The van der Waals surface area contributed by atoms with E-state index in [-0.39, 0.29) is 4.59 Å². The van der Waals surface area contributed by atoms with Gasteiger partial charge in [-0.25, -0.2) is 0 Å². The largest absolute Gasteiger partial charge is 0.489 e. The van der Waals surface area contributed by atoms with Gasteiger partial charge in [0.25, 0.3) is 5.84 Å². The molecule has 0 bridgehead atoms. The van der Waals surface area contributed by atoms with Crippen molar-refractivity contribution in [2.45, 2.75) is 45.1 Å². The van der Waals surface area contributed by atoms with Gasteiger partial charge in [0.2, 0.25) is 5.70 Å². The van der Waals surface area contributed by atoms with E-state index >= 15 is 0 Å². The molecule has 3 N–H and O–H groups in total. The van der Waals surface area contributed by atoms with Crippen molar-refractivity contribution in [1.29, 1.82) is 0 Å². The SMILES string of the molecule is N[N+]12C=CN=CC1=C(C1CCC(CNCCN3CCCC3)CC1)N=C2c1cccc(OCc2ccccc2)c1. The van der Waals surface area contributed by atoms with Crippen LogP contribution >= 0.6 is 0 Å². The highest BCUT2D eigenvalue weighted by atomic mass is 16.5. The number of ether oxygens (including phenoxy) is 1. The number of quaternary nitrogens is 1. The van der Waals surface area contributed by atoms with Gasteiger partial charge in [-0.2, -0.15) is 10.8 Å². The normalized spacial score (nSPS) is 26.6. The van der Waals surface area contributed by atoms with E-state index in [0.717, 1.165) is 66.0 Å². The number of likely N-dealkylation sites (tertiary alicyclic amines) is 1. The molecule has 0 spiro atoms. The molecule has 2 fully saturated rings. The number of allylic oxidation sites excluding steroid dienone is 2. The van der Waals surface area contributed by atoms with Gasteiger partial charge in [0.05, 0.1) is 18.0 Å². The molecule has 1 aliphatic carbocycles. The van der Waals surface area contributed by atoms with E-state index in [2.05, 4.69) is 39.5 Å². The van der Waals surface area contributed by atoms with Gasteiger partial charge in [-0.15, -0.1) is 4.59 Å². The van der Waals surface area contributed by atoms with E-state index in [0.29, 0.717) is 12.5 Å². The van der Waals surface area contributed by atoms with Gasteiger partial charge < -0.3 is 15.0 Å². The van der Waals surface area contributed by atoms with E-state index in [4.69, 9.17) is 15.6 Å². The van der Waals surface area contributed by atoms with E-state index < -0.39 is 0 Å². The van der Waals surface area contributed by atoms with Crippen molar-refractivity contribution in [2.75, 3.05) is 32.7 Å². The predicted molar refractivity (Wildman–Crippen MR) is 157 cm³/mol. The fourth-order valence-corrected chi connectivity index (χ4v) is 6.36. The van der Waals surface area contributed by atoms with Crippen LogP contribution in [0.3, 0.4) is 0 Å². The number of amidine groups is 1. The second-order valence-electron chi connectivity index (χ2n) is 11.3. The van der Waals surface area contributed by atoms with Crippen molar-refractivity contribution >= 4 is 12.1 Å². The number of hydrogen-bond acceptors (Lipinski definition) is 6. The van der Waals surface area contributed by atoms with Gasteiger partial charge in [-0.1, -0.05) is 36.4 Å². The average molecular weight is 526 g/mol. The summed E-state index contributed by atoms with van der Waals surface area (Å²) in [6.45, 7) is 6.49. The first-order chi connectivity index (χ1) is 19.2. The molecule has 2 aromatic rings. The van der Waals surface area contributed by atoms with Crippen LogP contribution in [0.4, 0.5) is 0 Å². The minimum Gasteiger partial charge on any atom is -0.489 e. The summed E-state index contributed by atoms with van der Waals surface area (Å²) in [5.41, 5.74) is 4.22. The number of nitrogens with two attached hydrogens (primary N) is 1. The maximum Gasteiger partial charge on any atom is 0.265 e. The molecule has 204 valence electrons. The van der Waals surface area contributed by atoms with Crippen LogP contribution in [0.2, 0.25) is 0 Å². The molecule has 7 nitrogen and oxygen atoms in total. The third-order valence-corrected chi connectivity index (χ3v) is 8.63. The Morgan fingerprint density at radius 3 is 2.64 bits per heavy atom. The lowest BCUT2D eigenvalue weighted by molar-refractivity contribution is -0.750. The van der Waals surface area contributed by atoms with E-state index in [1.54, 1.807) is 6.20 Å². The molecule has 39 heavy (non-hydrogen) atoms. The molecule has 7 heteroatoms. The van der Waals surface area contributed by atoms with Crippen LogP contribution in [-0.2, 0) is 6.61 Å². The molecule has 1 unspecified atom stereocenters. The summed E-state index contributed by atoms with van der Waals surface area (Å²) in [4.78, 5) is 12.3. The van der Waals surface area contributed by atoms with Crippen molar-refractivity contribution in [3.63, 3.8) is 0 Å². The molecule has 6 rings (SSSR count). The highest BCUT2D eigenvalue weighted by Gasteiger charge is 2.46. The fourth-order valence-electron chi connectivity index (χ4n) is 6.36. The molecule has 3 aliphatic heterocycles. The van der Waals surface area contributed by atoms with Crippen molar-refractivity contribution < 1.29 is 9.33 Å². The van der Waals surface area contributed by atoms with Gasteiger partial charge in [0, 0.05) is 19.0 Å². The summed E-state index contributed by atoms with van der Waals surface area (Å²) in [7, 11) is 0. The molecule has 0 radical (unpaired) electrons. The standard InChI is InChI=1S/C32H41N6O/c33-38-20-16-35-23-30(38)31(27-13-11-25(12-14-27)22-34-15-19-37-17-4-5-18-37)36-32(38)28-9-6-10-29(21-28)39-24-26-7-2-1-3-8-26/h1-3,6-10,16,20-21,23,25,27,34H,4-5,11-15,17-19,22,24,33H2/q+1. The number of nitrogens with zero attached hydrogens (tertiary/aromatic N) is 4. The topological polar surface area (TPSA) is 75.2 Å². The quantitative estimate of drug-likeness (QED) is 0.261. The van der Waals surface area contributed by atoms with Gasteiger partial charge in [-0.3, -0.25) is 4.99 Å². The van der Waals surface area contributed by atoms with Gasteiger partial charge in [0.15, 0.2) is 0 Å². The van der Waals surface area contributed by atoms with Crippen LogP contribution in [0.25, 0.3) is 0 Å². The first kappa shape index (κ1) is 26.1. The van der Waals surface area contributed by atoms with Gasteiger partial charge >= 0.3 is 0 Å². The monoisotopic (exact) mass is 525 g/mol. The Balaban J connectivity index is 1.11. The van der Waals surface area contributed by atoms with E-state index in [1.165, 1.54) is 45.3 Å². The van der Waals surface area contributed by atoms with E-state index in [1.807, 2.05) is 42.7 Å². The van der Waals surface area contributed by atoms with Crippen molar-refractivity contribution in [3.8, 4) is 5.75 Å². The molecule has 1 saturated heterocycles. The minimum atomic E-state index is 0.0684. The average Bonchev–Trinajstić information content (AvgIpc) is 3.61. The molecule has 3 heterocycles. The Morgan fingerprint density at radius 2 is 1.82 bits per heavy atom. The second kappa shape index (κ2) is 12.0. The predicted octanol–water partition coefficient (Wildman–Crippen LogP) is 4.98. The minimum absolute atomic E-state index is 0.0684. The lowest BCUT2D eigenvalue weighted by Gasteiger charge is -2.29. The Hall–Kier alpha value is -3.10. The highest BCUT2D eigenvalue weighted by Crippen LogP contribution is 2.41. The van der Waals surface area contributed by atoms with Crippen LogP contribution in [-0.4, -0.2) is 54.3 Å². The molecule has 1 atom stereocenters. The smallest absolute Gasteiger partial charge is 0.265 e. The highest BCUT2D eigenvalue weighted by molar-refractivity contribution is 6.00. The van der Waals surface area contributed by atoms with Gasteiger partial charge in [0.1, 0.15) is 24.3 Å². The van der Waals surface area contributed by atoms with Crippen LogP contribution in [0.1, 0.15) is 49.7 Å². The Bertz CT molecular complexity index is 1250. The number of rotatable bonds is 10. The zero-order valence-corrected chi connectivity index (χ0v) is 22.8. The maximum absolute atomic E-state index is 7.03. The zero-order chi connectivity index (χ0) is 26.5. The number of benzene rings is 2. The number of aliphatic imine (C=N–C) groups is 2. The second-order valence-corrected chi connectivity index (χ2v) is 11.3. The fraction of sp³-hybridized carbons (Fsp3) is 0.438. The number of nitrogens with one attached hydrogen (secondary N) is 1. The van der Waals surface area contributed by atoms with Crippen LogP contribution in [0, 0.1) is 11.8 Å². The zero-order valence-electron chi connectivity index (χ0n) is 22.8. The van der Waals surface area contributed by atoms with Crippen molar-refractivity contribution in [1.82, 2.24) is 10.2 Å². The molecular weight excluding hydrogens is 484 g/mol. The molecule has 0 amide bonds. The summed E-state index contributed by atoms with van der Waals surface area (Å²) in [5.74, 6) is 9.83. The Morgan fingerprint density at radius 1 is 1.00 bits per heavy atom. The maximum atomic E-state index is 7.03. The molecule has 0 aromatic heterocycles. The van der Waals surface area contributed by atoms with Gasteiger partial charge in [-0.05, 0) is 87.8 Å². The van der Waals surface area contributed by atoms with Crippen molar-refractivity contribution in [2.24, 2.45) is 27.7 Å². The van der Waals surface area contributed by atoms with Crippen LogP contribution in [0.15, 0.2) is 88.4 Å². The van der Waals surface area contributed by atoms with Crippen LogP contribution in [0.5, 0.6) is 5.75 Å². The third kappa shape index (κ3) is 5.92. The number of fused-ring (bicyclic) bond motifs is 1. The summed E-state index contributed by atoms with van der Waals surface area (Å²) >= 11 is 0. The summed E-state index contributed by atoms with van der Waals surface area (Å²) < 4.78 is 6.18. The Kier molecular flexibility index (Phi) is 8.02. The third-order valence-electron chi connectivity index (χ3n) is 8.63. The summed E-state index contributed by atoms with van der Waals surface area (Å²) in [6, 6.07) is 18.4. The number of hydrogen-bond donors (Lipinski definition) is 2. The lowest BCUT2D eigenvalue weighted by Crippen LogP contribution is -2.53. The molecule has 4 aliphatic rings. The first-order valence-electron chi connectivity index (χ1n) is 14.6. The summed E-state index contributed by atoms with van der Waals surface area (Å²) in [6.07, 6.45) is 13.1. The van der Waals surface area contributed by atoms with Crippen molar-refractivity contribution in [3.05, 3.63) is 89.5 Å². The lowest BCUT2D eigenvalue weighted by atomic mass is 9.80. The first-order valence-corrected chi connectivity index (χ1v) is 14.6. The molecular formula is C32H41N6O+. The summed E-state index contributed by atoms with van der Waals surface area (Å²) in [5, 5.41) is 3.73. The Labute approximate surface area is 232 Å². The molecule has 2 aromatic carbocycles. The van der Waals surface area contributed by atoms with E-state index in [9.17, 15) is 0 Å². The molecule has 1 saturated carbocycles.